The van der Waals surface area contributed by atoms with Crippen LogP contribution < -0.4 is 21.1 Å². The highest BCUT2D eigenvalue weighted by atomic mass is 16.5. The maximum absolute atomic E-state index is 5.94. The van der Waals surface area contributed by atoms with Crippen LogP contribution in [0.15, 0.2) is 18.2 Å². The quantitative estimate of drug-likeness (QED) is 0.871. The molecule has 4 N–H and O–H groups in total. The van der Waals surface area contributed by atoms with Gasteiger partial charge in [0.15, 0.2) is 0 Å². The van der Waals surface area contributed by atoms with Gasteiger partial charge in [-0.1, -0.05) is 13.8 Å². The van der Waals surface area contributed by atoms with Crippen LogP contribution in [0.3, 0.4) is 0 Å². The molecule has 1 saturated heterocycles. The average Bonchev–Trinajstić information content (AvgIpc) is 2.89. The van der Waals surface area contributed by atoms with Crippen LogP contribution >= 0.6 is 0 Å². The van der Waals surface area contributed by atoms with Gasteiger partial charge in [-0.3, -0.25) is 0 Å². The molecule has 0 unspecified atom stereocenters. The first-order valence-corrected chi connectivity index (χ1v) is 9.20. The van der Waals surface area contributed by atoms with E-state index in [4.69, 9.17) is 16.2 Å². The summed E-state index contributed by atoms with van der Waals surface area (Å²) in [6.07, 6.45) is 2.40. The highest BCUT2D eigenvalue weighted by Gasteiger charge is 2.44. The van der Waals surface area contributed by atoms with Crippen LogP contribution in [0.5, 0.6) is 5.75 Å². The lowest BCUT2D eigenvalue weighted by Crippen LogP contribution is -2.57. The normalized spacial score (nSPS) is 18.7. The van der Waals surface area contributed by atoms with Crippen molar-refractivity contribution in [3.05, 3.63) is 18.2 Å². The number of aromatic nitrogens is 3. The van der Waals surface area contributed by atoms with Gasteiger partial charge in [0.2, 0.25) is 11.9 Å². The van der Waals surface area contributed by atoms with Gasteiger partial charge < -0.3 is 21.1 Å². The van der Waals surface area contributed by atoms with Gasteiger partial charge in [0.05, 0.1) is 6.61 Å². The van der Waals surface area contributed by atoms with Gasteiger partial charge in [0, 0.05) is 23.8 Å². The van der Waals surface area contributed by atoms with Crippen LogP contribution in [-0.2, 0) is 0 Å². The molecule has 142 valence electrons. The summed E-state index contributed by atoms with van der Waals surface area (Å²) >= 11 is 0. The van der Waals surface area contributed by atoms with Crippen molar-refractivity contribution in [2.24, 2.45) is 5.41 Å². The first kappa shape index (κ1) is 18.4. The average molecular weight is 358 g/mol. The smallest absolute Gasteiger partial charge is 0.241 e. The number of hydrogen-bond donors (Lipinski definition) is 2. The molecule has 0 amide bonds. The van der Waals surface area contributed by atoms with Crippen LogP contribution in [0.2, 0.25) is 0 Å². The third-order valence-electron chi connectivity index (χ3n) is 5.95. The number of ether oxygens (including phenoxy) is 1. The first-order chi connectivity index (χ1) is 12.2. The molecule has 1 aliphatic rings. The van der Waals surface area contributed by atoms with Crippen molar-refractivity contribution in [2.75, 3.05) is 29.5 Å². The Balaban J connectivity index is 2.05. The molecule has 0 atom stereocenters. The first-order valence-electron chi connectivity index (χ1n) is 9.20. The summed E-state index contributed by atoms with van der Waals surface area (Å²) in [7, 11) is 0. The topological polar surface area (TPSA) is 95.2 Å². The molecule has 1 fully saturated rings. The van der Waals surface area contributed by atoms with Gasteiger partial charge in [0.1, 0.15) is 11.4 Å². The standard InChI is InChI=1S/C19H30N6O/c1-6-26-15-12-13(24-11-7-10-18(2,3)19(24,4)5)8-9-14(15)25-17(21)22-16(20)23-25/h8-9,12H,6-7,10-11H2,1-5H3,(H4,20,21,22,23). The van der Waals surface area contributed by atoms with Gasteiger partial charge in [-0.15, -0.1) is 5.10 Å². The fourth-order valence-corrected chi connectivity index (χ4v) is 3.72. The summed E-state index contributed by atoms with van der Waals surface area (Å²) in [5.41, 5.74) is 13.8. The Morgan fingerprint density at radius 2 is 1.92 bits per heavy atom. The van der Waals surface area contributed by atoms with Crippen LogP contribution in [0, 0.1) is 5.41 Å². The Bertz CT molecular complexity index is 795. The Kier molecular flexibility index (Phi) is 4.50. The fourth-order valence-electron chi connectivity index (χ4n) is 3.72. The van der Waals surface area contributed by atoms with Crippen LogP contribution in [0.25, 0.3) is 5.69 Å². The number of anilines is 3. The molecule has 1 aromatic carbocycles. The molecule has 1 aromatic heterocycles. The lowest BCUT2D eigenvalue weighted by molar-refractivity contribution is 0.139. The maximum Gasteiger partial charge on any atom is 0.241 e. The second-order valence-electron chi connectivity index (χ2n) is 8.02. The molecule has 26 heavy (non-hydrogen) atoms. The number of piperidine rings is 1. The molecule has 7 nitrogen and oxygen atoms in total. The van der Waals surface area contributed by atoms with E-state index in [1.54, 1.807) is 0 Å². The van der Waals surface area contributed by atoms with Gasteiger partial charge in [-0.2, -0.15) is 9.67 Å². The van der Waals surface area contributed by atoms with Crippen molar-refractivity contribution >= 4 is 17.6 Å². The number of nitrogen functional groups attached to an aromatic ring is 2. The van der Waals surface area contributed by atoms with E-state index in [1.165, 1.54) is 17.5 Å². The molecule has 3 rings (SSSR count). The lowest BCUT2D eigenvalue weighted by atomic mass is 9.68. The summed E-state index contributed by atoms with van der Waals surface area (Å²) in [6, 6.07) is 6.14. The molecule has 0 spiro atoms. The predicted octanol–water partition coefficient (Wildman–Crippen LogP) is 3.24. The van der Waals surface area contributed by atoms with Gasteiger partial charge in [0.25, 0.3) is 0 Å². The minimum Gasteiger partial charge on any atom is -0.492 e. The summed E-state index contributed by atoms with van der Waals surface area (Å²) in [4.78, 5) is 6.46. The zero-order chi connectivity index (χ0) is 19.1. The number of nitrogens with zero attached hydrogens (tertiary/aromatic N) is 4. The van der Waals surface area contributed by atoms with E-state index >= 15 is 0 Å². The van der Waals surface area contributed by atoms with Crippen LogP contribution in [-0.4, -0.2) is 33.5 Å². The van der Waals surface area contributed by atoms with Crippen molar-refractivity contribution in [1.29, 1.82) is 0 Å². The van der Waals surface area contributed by atoms with E-state index in [2.05, 4.69) is 54.8 Å². The van der Waals surface area contributed by atoms with E-state index in [1.807, 2.05) is 13.0 Å². The molecule has 7 heteroatoms. The molecule has 0 bridgehead atoms. The Hall–Kier alpha value is -2.44. The van der Waals surface area contributed by atoms with Crippen LogP contribution in [0.4, 0.5) is 17.6 Å². The Morgan fingerprint density at radius 3 is 2.54 bits per heavy atom. The van der Waals surface area contributed by atoms with Crippen molar-refractivity contribution in [1.82, 2.24) is 14.8 Å². The van der Waals surface area contributed by atoms with Gasteiger partial charge in [-0.05, 0) is 51.2 Å². The molecule has 0 saturated carbocycles. The molecular formula is C19H30N6O. The van der Waals surface area contributed by atoms with Crippen molar-refractivity contribution in [3.63, 3.8) is 0 Å². The minimum absolute atomic E-state index is 0.0347. The third-order valence-corrected chi connectivity index (χ3v) is 5.95. The minimum atomic E-state index is 0.0347. The number of rotatable bonds is 4. The second-order valence-corrected chi connectivity index (χ2v) is 8.02. The van der Waals surface area contributed by atoms with E-state index in [9.17, 15) is 0 Å². The molecule has 0 radical (unpaired) electrons. The van der Waals surface area contributed by atoms with Gasteiger partial charge in [-0.25, -0.2) is 0 Å². The van der Waals surface area contributed by atoms with Crippen molar-refractivity contribution in [2.45, 2.75) is 53.0 Å². The summed E-state index contributed by atoms with van der Waals surface area (Å²) in [6.45, 7) is 12.9. The highest BCUT2D eigenvalue weighted by molar-refractivity contribution is 5.62. The largest absolute Gasteiger partial charge is 0.492 e. The lowest BCUT2D eigenvalue weighted by Gasteiger charge is -2.54. The summed E-state index contributed by atoms with van der Waals surface area (Å²) < 4.78 is 7.42. The summed E-state index contributed by atoms with van der Waals surface area (Å²) in [5.74, 6) is 1.12. The Labute approximate surface area is 155 Å². The van der Waals surface area contributed by atoms with Crippen molar-refractivity contribution < 1.29 is 4.74 Å². The third kappa shape index (κ3) is 2.95. The maximum atomic E-state index is 5.94. The number of nitrogens with two attached hydrogens (primary N) is 2. The Morgan fingerprint density at radius 1 is 1.19 bits per heavy atom. The fraction of sp³-hybridized carbons (Fsp3) is 0.579. The van der Waals surface area contributed by atoms with E-state index < -0.39 is 0 Å². The van der Waals surface area contributed by atoms with E-state index in [-0.39, 0.29) is 22.9 Å². The molecular weight excluding hydrogens is 328 g/mol. The van der Waals surface area contributed by atoms with Crippen molar-refractivity contribution in [3.8, 4) is 11.4 Å². The zero-order valence-corrected chi connectivity index (χ0v) is 16.4. The number of benzene rings is 1. The van der Waals surface area contributed by atoms with Gasteiger partial charge >= 0.3 is 0 Å². The highest BCUT2D eigenvalue weighted by Crippen LogP contribution is 2.46. The van der Waals surface area contributed by atoms with E-state index in [0.29, 0.717) is 6.61 Å². The van der Waals surface area contributed by atoms with E-state index in [0.717, 1.165) is 23.7 Å². The molecule has 2 aromatic rings. The number of hydrogen-bond acceptors (Lipinski definition) is 6. The second kappa shape index (κ2) is 6.37. The molecule has 0 aliphatic carbocycles. The monoisotopic (exact) mass is 358 g/mol. The predicted molar refractivity (Wildman–Crippen MR) is 106 cm³/mol. The zero-order valence-electron chi connectivity index (χ0n) is 16.4. The SMILES string of the molecule is CCOc1cc(N2CCCC(C)(C)C2(C)C)ccc1-n1nc(N)nc1N. The molecule has 1 aliphatic heterocycles. The van der Waals surface area contributed by atoms with Crippen LogP contribution in [0.1, 0.15) is 47.5 Å². The summed E-state index contributed by atoms with van der Waals surface area (Å²) in [5, 5.41) is 4.18. The molecule has 2 heterocycles.